The number of furan rings is 1. The molecule has 1 atom stereocenters. The van der Waals surface area contributed by atoms with Gasteiger partial charge in [0.2, 0.25) is 0 Å². The number of rotatable bonds is 3. The highest BCUT2D eigenvalue weighted by molar-refractivity contribution is 7.85. The Balaban J connectivity index is 2.99. The largest absolute Gasteiger partial charge is 0.460 e. The van der Waals surface area contributed by atoms with Crippen LogP contribution in [0.3, 0.4) is 0 Å². The zero-order chi connectivity index (χ0) is 12.3. The first-order chi connectivity index (χ1) is 7.34. The summed E-state index contributed by atoms with van der Waals surface area (Å²) in [5.41, 5.74) is 0.765. The first-order valence-electron chi connectivity index (χ1n) is 5.41. The number of aryl methyl sites for hydroxylation is 1. The van der Waals surface area contributed by atoms with Crippen LogP contribution < -0.4 is 0 Å². The Morgan fingerprint density at radius 3 is 2.44 bits per heavy atom. The predicted octanol–water partition coefficient (Wildman–Crippen LogP) is 3.25. The van der Waals surface area contributed by atoms with Gasteiger partial charge in [-0.25, -0.2) is 4.21 Å². The molecule has 0 aliphatic rings. The summed E-state index contributed by atoms with van der Waals surface area (Å²) in [6, 6.07) is 3.76. The molecule has 0 saturated carbocycles. The Morgan fingerprint density at radius 1 is 1.44 bits per heavy atom. The second-order valence-corrected chi connectivity index (χ2v) is 6.57. The molecule has 16 heavy (non-hydrogen) atoms. The van der Waals surface area contributed by atoms with Crippen LogP contribution in [0.25, 0.3) is 0 Å². The van der Waals surface area contributed by atoms with Crippen LogP contribution in [0.2, 0.25) is 0 Å². The third-order valence-corrected chi connectivity index (χ3v) is 3.51. The summed E-state index contributed by atoms with van der Waals surface area (Å²) < 4.78 is 21.3. The van der Waals surface area contributed by atoms with Gasteiger partial charge in [0, 0.05) is 0 Å². The topological polar surface area (TPSA) is 42.6 Å². The van der Waals surface area contributed by atoms with Gasteiger partial charge >= 0.3 is 0 Å². The first-order valence-corrected chi connectivity index (χ1v) is 6.51. The predicted molar refractivity (Wildman–Crippen MR) is 68.2 cm³/mol. The van der Waals surface area contributed by atoms with Crippen molar-refractivity contribution in [1.29, 1.82) is 0 Å². The third kappa shape index (κ3) is 3.30. The van der Waals surface area contributed by atoms with Crippen molar-refractivity contribution in [3.05, 3.63) is 23.7 Å². The van der Waals surface area contributed by atoms with Crippen molar-refractivity contribution in [3.63, 3.8) is 0 Å². The molecule has 0 aliphatic carbocycles. The third-order valence-electron chi connectivity index (χ3n) is 2.08. The lowest BCUT2D eigenvalue weighted by Gasteiger charge is -2.14. The van der Waals surface area contributed by atoms with Crippen LogP contribution >= 0.6 is 0 Å². The zero-order valence-electron chi connectivity index (χ0n) is 10.5. The van der Waals surface area contributed by atoms with Gasteiger partial charge in [0.1, 0.15) is 22.5 Å². The Morgan fingerprint density at radius 2 is 2.06 bits per heavy atom. The SMILES string of the molecule is CCC(=N[S@](=O)C(C)(C)C)c1ccc(C)o1. The van der Waals surface area contributed by atoms with Crippen molar-refractivity contribution in [1.82, 2.24) is 0 Å². The maximum atomic E-state index is 11.9. The molecule has 0 aliphatic heterocycles. The van der Waals surface area contributed by atoms with Crippen LogP contribution in [-0.2, 0) is 11.0 Å². The molecular weight excluding hydrogens is 222 g/mol. The second kappa shape index (κ2) is 4.95. The van der Waals surface area contributed by atoms with E-state index in [0.717, 1.165) is 23.7 Å². The van der Waals surface area contributed by atoms with E-state index in [9.17, 15) is 4.21 Å². The van der Waals surface area contributed by atoms with Gasteiger partial charge in [0.15, 0.2) is 0 Å². The van der Waals surface area contributed by atoms with E-state index in [4.69, 9.17) is 4.42 Å². The summed E-state index contributed by atoms with van der Waals surface area (Å²) in [4.78, 5) is 0. The zero-order valence-corrected chi connectivity index (χ0v) is 11.4. The molecule has 1 rings (SSSR count). The number of hydrogen-bond acceptors (Lipinski definition) is 2. The average Bonchev–Trinajstić information content (AvgIpc) is 2.59. The summed E-state index contributed by atoms with van der Waals surface area (Å²) in [5.74, 6) is 1.57. The van der Waals surface area contributed by atoms with Gasteiger partial charge in [-0.1, -0.05) is 6.92 Å². The Labute approximate surface area is 99.6 Å². The van der Waals surface area contributed by atoms with Crippen LogP contribution in [0.1, 0.15) is 45.6 Å². The van der Waals surface area contributed by atoms with Crippen molar-refractivity contribution < 1.29 is 8.63 Å². The molecule has 0 unspecified atom stereocenters. The fourth-order valence-electron chi connectivity index (χ4n) is 1.11. The minimum absolute atomic E-state index is 0.331. The smallest absolute Gasteiger partial charge is 0.149 e. The molecule has 4 heteroatoms. The van der Waals surface area contributed by atoms with Gasteiger partial charge in [-0.2, -0.15) is 4.40 Å². The van der Waals surface area contributed by atoms with E-state index in [-0.39, 0.29) is 4.75 Å². The molecule has 0 N–H and O–H groups in total. The van der Waals surface area contributed by atoms with Crippen LogP contribution in [0.4, 0.5) is 0 Å². The first kappa shape index (κ1) is 13.2. The van der Waals surface area contributed by atoms with E-state index < -0.39 is 11.0 Å². The van der Waals surface area contributed by atoms with Gasteiger partial charge in [0.25, 0.3) is 0 Å². The van der Waals surface area contributed by atoms with Gasteiger partial charge in [-0.15, -0.1) is 0 Å². The molecule has 1 heterocycles. The van der Waals surface area contributed by atoms with Crippen molar-refractivity contribution in [2.45, 2.75) is 45.8 Å². The summed E-state index contributed by atoms with van der Waals surface area (Å²) in [5, 5.41) is 0. The lowest BCUT2D eigenvalue weighted by molar-refractivity contribution is 0.524. The maximum Gasteiger partial charge on any atom is 0.149 e. The summed E-state index contributed by atoms with van der Waals surface area (Å²) in [6.45, 7) is 9.60. The Kier molecular flexibility index (Phi) is 4.08. The fraction of sp³-hybridized carbons (Fsp3) is 0.583. The standard InChI is InChI=1S/C12H19NO2S/c1-6-10(11-8-7-9(2)15-11)13-16(14)12(3,4)5/h7-8H,6H2,1-5H3/t16-/m1/s1. The van der Waals surface area contributed by atoms with Crippen molar-refractivity contribution in [2.24, 2.45) is 4.40 Å². The molecule has 0 amide bonds. The lowest BCUT2D eigenvalue weighted by atomic mass is 10.2. The van der Waals surface area contributed by atoms with E-state index >= 15 is 0 Å². The summed E-state index contributed by atoms with van der Waals surface area (Å²) >= 11 is 0. The molecule has 3 nitrogen and oxygen atoms in total. The molecule has 0 spiro atoms. The van der Waals surface area contributed by atoms with Crippen molar-refractivity contribution in [3.8, 4) is 0 Å². The molecule has 0 bridgehead atoms. The van der Waals surface area contributed by atoms with Gasteiger partial charge < -0.3 is 4.42 Å². The summed E-state index contributed by atoms with van der Waals surface area (Å²) in [7, 11) is -1.23. The quantitative estimate of drug-likeness (QED) is 0.762. The maximum absolute atomic E-state index is 11.9. The molecule has 0 radical (unpaired) electrons. The van der Waals surface area contributed by atoms with Crippen LogP contribution in [0.15, 0.2) is 20.9 Å². The van der Waals surface area contributed by atoms with Gasteiger partial charge in [-0.05, 0) is 46.2 Å². The van der Waals surface area contributed by atoms with E-state index in [2.05, 4.69) is 4.40 Å². The lowest BCUT2D eigenvalue weighted by Crippen LogP contribution is -2.21. The summed E-state index contributed by atoms with van der Waals surface area (Å²) in [6.07, 6.45) is 0.717. The molecule has 1 aromatic heterocycles. The van der Waals surface area contributed by atoms with Crippen LogP contribution in [-0.4, -0.2) is 14.7 Å². The number of hydrogen-bond donors (Lipinski definition) is 0. The van der Waals surface area contributed by atoms with Crippen molar-refractivity contribution >= 4 is 16.7 Å². The van der Waals surface area contributed by atoms with E-state index in [1.54, 1.807) is 0 Å². The number of nitrogens with zero attached hydrogens (tertiary/aromatic N) is 1. The highest BCUT2D eigenvalue weighted by atomic mass is 32.2. The van der Waals surface area contributed by atoms with E-state index in [0.29, 0.717) is 0 Å². The van der Waals surface area contributed by atoms with E-state index in [1.807, 2.05) is 46.8 Å². The second-order valence-electron chi connectivity index (χ2n) is 4.66. The highest BCUT2D eigenvalue weighted by Crippen LogP contribution is 2.16. The van der Waals surface area contributed by atoms with Crippen LogP contribution in [0, 0.1) is 6.92 Å². The minimum Gasteiger partial charge on any atom is -0.460 e. The normalized spacial score (nSPS) is 15.2. The average molecular weight is 241 g/mol. The molecule has 90 valence electrons. The Hall–Kier alpha value is -0.900. The van der Waals surface area contributed by atoms with Gasteiger partial charge in [-0.3, -0.25) is 0 Å². The molecule has 0 aromatic carbocycles. The molecular formula is C12H19NO2S. The Bertz CT molecular complexity index is 413. The molecule has 1 aromatic rings. The van der Waals surface area contributed by atoms with Gasteiger partial charge in [0.05, 0.1) is 10.5 Å². The molecule has 0 saturated heterocycles. The monoisotopic (exact) mass is 241 g/mol. The fourth-order valence-corrected chi connectivity index (χ4v) is 1.80. The van der Waals surface area contributed by atoms with Crippen molar-refractivity contribution in [2.75, 3.05) is 0 Å². The van der Waals surface area contributed by atoms with E-state index in [1.165, 1.54) is 0 Å². The van der Waals surface area contributed by atoms with Crippen LogP contribution in [0.5, 0.6) is 0 Å². The molecule has 0 fully saturated rings. The minimum atomic E-state index is -1.23. The highest BCUT2D eigenvalue weighted by Gasteiger charge is 2.20.